The molecule has 1 N–H and O–H groups in total. The van der Waals surface area contributed by atoms with Gasteiger partial charge in [0.1, 0.15) is 5.84 Å². The van der Waals surface area contributed by atoms with E-state index in [4.69, 9.17) is 11.6 Å². The number of benzene rings is 2. The van der Waals surface area contributed by atoms with Crippen molar-refractivity contribution in [2.45, 2.75) is 6.42 Å². The topological polar surface area (TPSA) is 105 Å². The molecule has 2 aromatic rings. The number of hydrogen-bond acceptors (Lipinski definition) is 5. The van der Waals surface area contributed by atoms with Crippen LogP contribution in [0.3, 0.4) is 0 Å². The second-order valence-electron chi connectivity index (χ2n) is 5.14. The maximum Gasteiger partial charge on any atom is 0.270 e. The summed E-state index contributed by atoms with van der Waals surface area (Å²) in [4.78, 5) is 34.6. The fourth-order valence-electron chi connectivity index (χ4n) is 2.27. The third kappa shape index (κ3) is 3.48. The first-order chi connectivity index (χ1) is 12.0. The van der Waals surface area contributed by atoms with E-state index < -0.39 is 10.8 Å². The van der Waals surface area contributed by atoms with Crippen molar-refractivity contribution in [3.8, 4) is 0 Å². The molecule has 126 valence electrons. The number of nitro benzene ring substituents is 1. The van der Waals surface area contributed by atoms with Crippen LogP contribution >= 0.6 is 11.6 Å². The standard InChI is InChI=1S/C16H11ClN4O4/c17-13-7-6-11(21(24)25)8-12(13)16(23)18-14-9-15(22)20(19-14)10-4-2-1-3-5-10/h1-8H,9H2,(H,18,19,23). The van der Waals surface area contributed by atoms with Gasteiger partial charge in [-0.25, -0.2) is 0 Å². The SMILES string of the molecule is O=C(NC1=NN(c2ccccc2)C(=O)C1)c1cc([N+](=O)[O-])ccc1Cl. The number of nitrogens with zero attached hydrogens (tertiary/aromatic N) is 3. The number of rotatable bonds is 3. The molecule has 0 aromatic heterocycles. The summed E-state index contributed by atoms with van der Waals surface area (Å²) in [6.45, 7) is 0. The number of carbonyl (C=O) groups excluding carboxylic acids is 2. The van der Waals surface area contributed by atoms with E-state index in [2.05, 4.69) is 10.4 Å². The summed E-state index contributed by atoms with van der Waals surface area (Å²) in [5.41, 5.74) is 0.249. The number of amidine groups is 1. The first-order valence-electron chi connectivity index (χ1n) is 7.16. The average molecular weight is 359 g/mol. The highest BCUT2D eigenvalue weighted by Crippen LogP contribution is 2.23. The lowest BCUT2D eigenvalue weighted by Crippen LogP contribution is -2.30. The average Bonchev–Trinajstić information content (AvgIpc) is 2.96. The third-order valence-corrected chi connectivity index (χ3v) is 3.77. The molecule has 0 atom stereocenters. The number of non-ortho nitro benzene ring substituents is 1. The van der Waals surface area contributed by atoms with Gasteiger partial charge in [-0.15, -0.1) is 0 Å². The van der Waals surface area contributed by atoms with Crippen LogP contribution < -0.4 is 10.3 Å². The van der Waals surface area contributed by atoms with Crippen molar-refractivity contribution in [1.29, 1.82) is 0 Å². The van der Waals surface area contributed by atoms with Crippen LogP contribution in [0.15, 0.2) is 53.6 Å². The van der Waals surface area contributed by atoms with Crippen molar-refractivity contribution in [2.75, 3.05) is 5.01 Å². The van der Waals surface area contributed by atoms with Crippen molar-refractivity contribution >= 4 is 40.6 Å². The Labute approximate surface area is 146 Å². The van der Waals surface area contributed by atoms with Gasteiger partial charge in [0, 0.05) is 12.1 Å². The Balaban J connectivity index is 1.81. The number of para-hydroxylation sites is 1. The van der Waals surface area contributed by atoms with Gasteiger partial charge in [-0.05, 0) is 18.2 Å². The molecule has 0 bridgehead atoms. The van der Waals surface area contributed by atoms with Gasteiger partial charge in [0.25, 0.3) is 17.5 Å². The molecule has 2 amide bonds. The summed E-state index contributed by atoms with van der Waals surface area (Å²) in [5, 5.41) is 18.6. The molecule has 0 unspecified atom stereocenters. The summed E-state index contributed by atoms with van der Waals surface area (Å²) in [5.74, 6) is -0.830. The molecule has 1 aliphatic rings. The Bertz CT molecular complexity index is 898. The Morgan fingerprint density at radius 2 is 1.96 bits per heavy atom. The normalized spacial score (nSPS) is 13.6. The van der Waals surface area contributed by atoms with Gasteiger partial charge in [0.2, 0.25) is 0 Å². The first kappa shape index (κ1) is 16.6. The highest BCUT2D eigenvalue weighted by Gasteiger charge is 2.27. The van der Waals surface area contributed by atoms with Gasteiger partial charge in [0.15, 0.2) is 0 Å². The zero-order valence-corrected chi connectivity index (χ0v) is 13.4. The molecule has 25 heavy (non-hydrogen) atoms. The number of carbonyl (C=O) groups is 2. The van der Waals surface area contributed by atoms with E-state index in [1.807, 2.05) is 0 Å². The molecule has 0 spiro atoms. The first-order valence-corrected chi connectivity index (χ1v) is 7.54. The van der Waals surface area contributed by atoms with Crippen molar-refractivity contribution < 1.29 is 14.5 Å². The lowest BCUT2D eigenvalue weighted by Gasteiger charge is -2.10. The summed E-state index contributed by atoms with van der Waals surface area (Å²) >= 11 is 5.93. The summed E-state index contributed by atoms with van der Waals surface area (Å²) < 4.78 is 0. The molecule has 1 aliphatic heterocycles. The van der Waals surface area contributed by atoms with E-state index in [0.717, 1.165) is 6.07 Å². The van der Waals surface area contributed by atoms with Crippen LogP contribution in [0.2, 0.25) is 5.02 Å². The zero-order chi connectivity index (χ0) is 18.0. The molecule has 3 rings (SSSR count). The Morgan fingerprint density at radius 3 is 2.64 bits per heavy atom. The van der Waals surface area contributed by atoms with Crippen LogP contribution in [0.4, 0.5) is 11.4 Å². The largest absolute Gasteiger partial charge is 0.308 e. The number of anilines is 1. The second-order valence-corrected chi connectivity index (χ2v) is 5.55. The van der Waals surface area contributed by atoms with E-state index >= 15 is 0 Å². The predicted molar refractivity (Wildman–Crippen MR) is 91.6 cm³/mol. The number of hydrazone groups is 1. The minimum absolute atomic E-state index is 0.0629. The molecule has 1 heterocycles. The van der Waals surface area contributed by atoms with Gasteiger partial charge in [-0.2, -0.15) is 10.1 Å². The number of halogens is 1. The van der Waals surface area contributed by atoms with Crippen LogP contribution in [0, 0.1) is 10.1 Å². The molecule has 0 aliphatic carbocycles. The van der Waals surface area contributed by atoms with Crippen LogP contribution in [0.5, 0.6) is 0 Å². The molecule has 0 saturated heterocycles. The van der Waals surface area contributed by atoms with Crippen molar-refractivity contribution in [2.24, 2.45) is 5.10 Å². The lowest BCUT2D eigenvalue weighted by molar-refractivity contribution is -0.384. The van der Waals surface area contributed by atoms with Crippen molar-refractivity contribution in [3.63, 3.8) is 0 Å². The Hall–Kier alpha value is -3.26. The van der Waals surface area contributed by atoms with E-state index in [1.54, 1.807) is 30.3 Å². The molecule has 9 heteroatoms. The van der Waals surface area contributed by atoms with Crippen LogP contribution in [0.25, 0.3) is 0 Å². The molecule has 0 radical (unpaired) electrons. The summed E-state index contributed by atoms with van der Waals surface area (Å²) in [6, 6.07) is 12.3. The minimum atomic E-state index is -0.671. The molecule has 0 fully saturated rings. The van der Waals surface area contributed by atoms with Crippen LogP contribution in [0.1, 0.15) is 16.8 Å². The molecule has 0 saturated carbocycles. The second kappa shape index (κ2) is 6.70. The molecular formula is C16H11ClN4O4. The lowest BCUT2D eigenvalue weighted by atomic mass is 10.2. The van der Waals surface area contributed by atoms with E-state index in [-0.39, 0.29) is 34.4 Å². The fourth-order valence-corrected chi connectivity index (χ4v) is 2.47. The highest BCUT2D eigenvalue weighted by molar-refractivity contribution is 6.34. The van der Waals surface area contributed by atoms with Gasteiger partial charge in [0.05, 0.1) is 27.6 Å². The van der Waals surface area contributed by atoms with Crippen molar-refractivity contribution in [3.05, 3.63) is 69.2 Å². The summed E-state index contributed by atoms with van der Waals surface area (Å²) in [7, 11) is 0. The Morgan fingerprint density at radius 1 is 1.24 bits per heavy atom. The maximum atomic E-state index is 12.3. The maximum absolute atomic E-state index is 12.3. The smallest absolute Gasteiger partial charge is 0.270 e. The van der Waals surface area contributed by atoms with Crippen molar-refractivity contribution in [1.82, 2.24) is 5.32 Å². The Kier molecular flexibility index (Phi) is 4.44. The number of nitrogens with one attached hydrogen (secondary N) is 1. The molecule has 8 nitrogen and oxygen atoms in total. The molecule has 2 aromatic carbocycles. The number of amides is 2. The zero-order valence-electron chi connectivity index (χ0n) is 12.7. The van der Waals surface area contributed by atoms with Gasteiger partial charge in [-0.1, -0.05) is 29.8 Å². The van der Waals surface area contributed by atoms with Gasteiger partial charge in [-0.3, -0.25) is 19.7 Å². The van der Waals surface area contributed by atoms with E-state index in [9.17, 15) is 19.7 Å². The van der Waals surface area contributed by atoms with Crippen LogP contribution in [-0.2, 0) is 4.79 Å². The quantitative estimate of drug-likeness (QED) is 0.672. The van der Waals surface area contributed by atoms with Gasteiger partial charge < -0.3 is 5.32 Å². The molecular weight excluding hydrogens is 348 g/mol. The number of hydrogen-bond donors (Lipinski definition) is 1. The summed E-state index contributed by atoms with van der Waals surface area (Å²) in [6.07, 6.45) is -0.0901. The van der Waals surface area contributed by atoms with Gasteiger partial charge >= 0.3 is 0 Å². The predicted octanol–water partition coefficient (Wildman–Crippen LogP) is 2.73. The minimum Gasteiger partial charge on any atom is -0.308 e. The highest BCUT2D eigenvalue weighted by atomic mass is 35.5. The third-order valence-electron chi connectivity index (χ3n) is 3.44. The van der Waals surface area contributed by atoms with Crippen LogP contribution in [-0.4, -0.2) is 22.6 Å². The fraction of sp³-hybridized carbons (Fsp3) is 0.0625. The number of nitro groups is 1. The van der Waals surface area contributed by atoms with E-state index in [0.29, 0.717) is 5.69 Å². The van der Waals surface area contributed by atoms with E-state index in [1.165, 1.54) is 17.1 Å². The monoisotopic (exact) mass is 358 g/mol.